The van der Waals surface area contributed by atoms with E-state index in [2.05, 4.69) is 31.8 Å². The number of aromatic nitrogens is 5. The number of aromatic amines is 2. The topological polar surface area (TPSA) is 70.2 Å². The van der Waals surface area contributed by atoms with Gasteiger partial charge in [0.2, 0.25) is 0 Å². The van der Waals surface area contributed by atoms with Gasteiger partial charge in [0.15, 0.2) is 0 Å². The molecule has 0 aromatic carbocycles. The Hall–Kier alpha value is -0.910. The van der Waals surface area contributed by atoms with Crippen molar-refractivity contribution >= 4 is 0 Å². The molecule has 0 spiro atoms. The Morgan fingerprint density at radius 2 is 2.36 bits per heavy atom. The molecule has 0 saturated carbocycles. The van der Waals surface area contributed by atoms with E-state index in [0.717, 1.165) is 11.3 Å². The summed E-state index contributed by atoms with van der Waals surface area (Å²) >= 11 is 0. The van der Waals surface area contributed by atoms with Crippen molar-refractivity contribution in [2.45, 2.75) is 0 Å². The van der Waals surface area contributed by atoms with E-state index in [1.54, 1.807) is 12.4 Å². The molecule has 0 atom stereocenters. The van der Waals surface area contributed by atoms with Crippen molar-refractivity contribution in [1.29, 1.82) is 0 Å². The van der Waals surface area contributed by atoms with Crippen LogP contribution >= 0.6 is 0 Å². The van der Waals surface area contributed by atoms with Gasteiger partial charge in [0, 0.05) is 0 Å². The van der Waals surface area contributed by atoms with Gasteiger partial charge >= 0.3 is 22.4 Å². The number of H-pyrrole nitrogens is 2. The molecule has 0 aliphatic rings. The molecule has 0 aliphatic heterocycles. The van der Waals surface area contributed by atoms with Crippen LogP contribution < -0.4 is 0 Å². The summed E-state index contributed by atoms with van der Waals surface area (Å²) in [7, 11) is 0. The summed E-state index contributed by atoms with van der Waals surface area (Å²) in [6, 6.07) is 0. The molecule has 0 radical (unpaired) electrons. The third kappa shape index (κ3) is 1.56. The Morgan fingerprint density at radius 1 is 1.45 bits per heavy atom. The number of nitrogens with zero attached hydrogens (tertiary/aromatic N) is 3. The molecular formula is C5H4AuN5. The van der Waals surface area contributed by atoms with E-state index in [9.17, 15) is 0 Å². The fourth-order valence-corrected chi connectivity index (χ4v) is 0.692. The Balaban J connectivity index is 0.000000605. The van der Waals surface area contributed by atoms with E-state index < -0.39 is 0 Å². The fourth-order valence-electron chi connectivity index (χ4n) is 0.692. The third-order valence-corrected chi connectivity index (χ3v) is 1.16. The zero-order valence-corrected chi connectivity index (χ0v) is 7.46. The molecule has 6 heteroatoms. The standard InChI is InChI=1S/C5H4N5.Au/c1-4(2-7-6-1)5-3-8-10-9-5;/h1-2H,(H,6,7)(H,8,9,10);/q-1;+1. The number of hydrogen-bond donors (Lipinski definition) is 2. The Labute approximate surface area is 78.1 Å². The van der Waals surface area contributed by atoms with Crippen molar-refractivity contribution < 1.29 is 22.4 Å². The molecule has 2 aromatic heterocycles. The molecule has 5 nitrogen and oxygen atoms in total. The van der Waals surface area contributed by atoms with Gasteiger partial charge in [0.25, 0.3) is 0 Å². The van der Waals surface area contributed by atoms with Crippen molar-refractivity contribution in [2.24, 2.45) is 0 Å². The zero-order valence-electron chi connectivity index (χ0n) is 5.30. The van der Waals surface area contributed by atoms with Gasteiger partial charge in [0.1, 0.15) is 0 Å². The van der Waals surface area contributed by atoms with E-state index in [4.69, 9.17) is 0 Å². The summed E-state index contributed by atoms with van der Waals surface area (Å²) in [5, 5.41) is 16.1. The van der Waals surface area contributed by atoms with E-state index >= 15 is 0 Å². The van der Waals surface area contributed by atoms with E-state index in [1.165, 1.54) is 0 Å². The molecule has 2 aromatic rings. The molecule has 0 fully saturated rings. The molecule has 0 saturated heterocycles. The first-order chi connectivity index (χ1) is 4.97. The van der Waals surface area contributed by atoms with Gasteiger partial charge in [-0.1, -0.05) is 23.3 Å². The van der Waals surface area contributed by atoms with Gasteiger partial charge in [-0.3, -0.25) is 5.10 Å². The predicted molar refractivity (Wildman–Crippen MR) is 32.8 cm³/mol. The molecule has 2 rings (SSSR count). The summed E-state index contributed by atoms with van der Waals surface area (Å²) < 4.78 is 0. The van der Waals surface area contributed by atoms with Crippen LogP contribution in [0.3, 0.4) is 0 Å². The maximum Gasteiger partial charge on any atom is 1.00 e. The molecule has 11 heavy (non-hydrogen) atoms. The van der Waals surface area contributed by atoms with Crippen molar-refractivity contribution in [2.75, 3.05) is 0 Å². The van der Waals surface area contributed by atoms with Gasteiger partial charge in [-0.05, 0) is 6.20 Å². The monoisotopic (exact) mass is 331 g/mol. The quantitative estimate of drug-likeness (QED) is 0.571. The molecular weight excluding hydrogens is 327 g/mol. The van der Waals surface area contributed by atoms with Crippen LogP contribution in [-0.4, -0.2) is 25.6 Å². The summed E-state index contributed by atoms with van der Waals surface area (Å²) in [6.45, 7) is 0. The SMILES string of the molecule is [Au+].[c-]1nn[nH]c1-c1cn[nH]c1. The minimum absolute atomic E-state index is 0. The molecule has 0 amide bonds. The summed E-state index contributed by atoms with van der Waals surface area (Å²) in [5.74, 6) is 0. The van der Waals surface area contributed by atoms with Crippen molar-refractivity contribution in [3.8, 4) is 11.3 Å². The molecule has 60 valence electrons. The predicted octanol–water partition coefficient (Wildman–Crippen LogP) is -0.00751. The van der Waals surface area contributed by atoms with Crippen LogP contribution in [0.4, 0.5) is 0 Å². The summed E-state index contributed by atoms with van der Waals surface area (Å²) in [6.07, 6.45) is 6.08. The molecule has 0 aliphatic carbocycles. The largest absolute Gasteiger partial charge is 1.00 e. The smallest absolute Gasteiger partial charge is 0.304 e. The van der Waals surface area contributed by atoms with Crippen molar-refractivity contribution in [1.82, 2.24) is 25.6 Å². The number of hydrogen-bond acceptors (Lipinski definition) is 3. The second-order valence-corrected chi connectivity index (χ2v) is 1.79. The Bertz CT molecular complexity index is 254. The summed E-state index contributed by atoms with van der Waals surface area (Å²) in [4.78, 5) is 0. The molecule has 2 N–H and O–H groups in total. The van der Waals surface area contributed by atoms with Gasteiger partial charge in [0.05, 0.1) is 0 Å². The second-order valence-electron chi connectivity index (χ2n) is 1.79. The van der Waals surface area contributed by atoms with Crippen LogP contribution in [0.2, 0.25) is 0 Å². The maximum absolute atomic E-state index is 3.76. The van der Waals surface area contributed by atoms with E-state index in [-0.39, 0.29) is 22.4 Å². The fraction of sp³-hybridized carbons (Fsp3) is 0. The Kier molecular flexibility index (Phi) is 2.59. The van der Waals surface area contributed by atoms with Crippen LogP contribution in [0, 0.1) is 6.20 Å². The van der Waals surface area contributed by atoms with Crippen LogP contribution in [0.5, 0.6) is 0 Å². The molecule has 0 unspecified atom stereocenters. The van der Waals surface area contributed by atoms with Crippen molar-refractivity contribution in [3.63, 3.8) is 0 Å². The second kappa shape index (κ2) is 3.47. The van der Waals surface area contributed by atoms with Gasteiger partial charge < -0.3 is 5.10 Å². The van der Waals surface area contributed by atoms with Gasteiger partial charge in [-0.15, -0.1) is 5.56 Å². The minimum Gasteiger partial charge on any atom is -0.304 e. The number of nitrogens with one attached hydrogen (secondary N) is 2. The minimum atomic E-state index is 0. The average molecular weight is 331 g/mol. The van der Waals surface area contributed by atoms with Gasteiger partial charge in [-0.25, -0.2) is 10.2 Å². The number of rotatable bonds is 1. The van der Waals surface area contributed by atoms with E-state index in [0.29, 0.717) is 0 Å². The zero-order chi connectivity index (χ0) is 6.81. The third-order valence-electron chi connectivity index (χ3n) is 1.16. The van der Waals surface area contributed by atoms with Crippen molar-refractivity contribution in [3.05, 3.63) is 18.6 Å². The van der Waals surface area contributed by atoms with Crippen LogP contribution in [0.15, 0.2) is 12.4 Å². The maximum atomic E-state index is 3.76. The average Bonchev–Trinajstić information content (AvgIpc) is 2.59. The Morgan fingerprint density at radius 3 is 2.91 bits per heavy atom. The first kappa shape index (κ1) is 8.19. The normalized spacial score (nSPS) is 9.09. The van der Waals surface area contributed by atoms with E-state index in [1.807, 2.05) is 0 Å². The molecule has 0 bridgehead atoms. The van der Waals surface area contributed by atoms with Crippen LogP contribution in [0.1, 0.15) is 0 Å². The van der Waals surface area contributed by atoms with Crippen LogP contribution in [-0.2, 0) is 22.4 Å². The summed E-state index contributed by atoms with van der Waals surface area (Å²) in [5.41, 5.74) is 1.65. The molecule has 2 heterocycles. The first-order valence-electron chi connectivity index (χ1n) is 2.75. The van der Waals surface area contributed by atoms with Gasteiger partial charge in [-0.2, -0.15) is 0 Å². The van der Waals surface area contributed by atoms with Crippen LogP contribution in [0.25, 0.3) is 11.3 Å². The first-order valence-corrected chi connectivity index (χ1v) is 2.75.